The quantitative estimate of drug-likeness (QED) is 0.0101. The number of anilines is 10. The highest BCUT2D eigenvalue weighted by Gasteiger charge is 2.18. The largest absolute Gasteiger partial charge is 0.494 e. The zero-order valence-corrected chi connectivity index (χ0v) is 61.7. The van der Waals surface area contributed by atoms with Crippen LogP contribution in [0.4, 0.5) is 76.0 Å². The molecule has 0 saturated heterocycles. The average molecular weight is 1540 g/mol. The standard InChI is InChI=1S/C19H27FN6O.C17H21ClFN5O.C10H7Cl2FN4O.C7H8FNO.C7H15N.C3Cl3N3.C2H7N3/c1-3-21-17-24-18(22-13-8-6-4-5-7-9-13)26-19(25-17)23-14-10-11-16(27-2)15(20)12-14;1-25-14-9-8-12(10-13(14)19)21-17-23-15(18)22-16(24-17)20-11-6-4-2-3-5-7-11;1-18-7-3-2-5(4-6(7)13)14-10-16-8(11)15-9(12)17-10;1-10-7-3-2-5(9)4-6(7)8;8-7-5-3-1-2-4-6-7;4-1-7-2(5)9-3(6)8-1;1-2-4-5-3/h10-13H,3-9H2,1-2H3,(H3,21,22,23,24,25,26);8-11H,2-7H2,1H3,(H2,20,21,22,23,24);2-4H,1H3,(H,14,15,16,17);2-4H,9H2,1H3;7H,1-6,8H2;;2,5H,3H2,1H3/b;;;;;;4-2-. The molecule has 0 bridgehead atoms. The second-order valence-corrected chi connectivity index (χ2v) is 24.2. The molecule has 3 aliphatic carbocycles. The Labute approximate surface area is 620 Å². The maximum Gasteiger partial charge on any atom is 0.233 e. The molecule has 3 aliphatic rings. The van der Waals surface area contributed by atoms with E-state index in [-0.39, 0.29) is 66.6 Å². The fraction of sp³-hybridized carbons (Fsp3) is 0.431. The second-order valence-electron chi connectivity index (χ2n) is 22.2. The third kappa shape index (κ3) is 32.7. The van der Waals surface area contributed by atoms with Crippen molar-refractivity contribution in [2.45, 2.75) is 148 Å². The molecule has 37 heteroatoms. The molecule has 102 heavy (non-hydrogen) atoms. The van der Waals surface area contributed by atoms with Crippen LogP contribution >= 0.6 is 69.6 Å². The molecule has 11 rings (SSSR count). The number of nitrogens with two attached hydrogens (primary N) is 3. The smallest absolute Gasteiger partial charge is 0.233 e. The number of nitrogen functional groups attached to an aromatic ring is 1. The number of halogens is 10. The predicted octanol–water partition coefficient (Wildman–Crippen LogP) is 16.3. The van der Waals surface area contributed by atoms with Crippen molar-refractivity contribution in [3.63, 3.8) is 0 Å². The van der Waals surface area contributed by atoms with Crippen LogP contribution in [0.15, 0.2) is 77.9 Å². The zero-order chi connectivity index (χ0) is 74.2. The number of ether oxygens (including phenoxy) is 4. The molecular weight excluding hydrogens is 1460 g/mol. The number of hydrogen-bond acceptors (Lipinski definition) is 27. The highest BCUT2D eigenvalue weighted by atomic mass is 35.5. The van der Waals surface area contributed by atoms with Gasteiger partial charge in [0.25, 0.3) is 0 Å². The number of hydrazine groups is 1. The molecule has 0 aliphatic heterocycles. The second kappa shape index (κ2) is 47.0. The van der Waals surface area contributed by atoms with Crippen molar-refractivity contribution in [2.24, 2.45) is 16.7 Å². The van der Waals surface area contributed by atoms with E-state index in [1.165, 1.54) is 161 Å². The number of rotatable bonds is 17. The van der Waals surface area contributed by atoms with Gasteiger partial charge in [0.05, 0.1) is 28.4 Å². The van der Waals surface area contributed by atoms with Crippen molar-refractivity contribution in [2.75, 3.05) is 72.6 Å². The maximum absolute atomic E-state index is 13.9. The topological polar surface area (TPSA) is 366 Å². The van der Waals surface area contributed by atoms with E-state index in [2.05, 4.69) is 107 Å². The van der Waals surface area contributed by atoms with Crippen molar-refractivity contribution in [1.29, 1.82) is 0 Å². The Hall–Kier alpha value is -8.43. The maximum atomic E-state index is 13.9. The van der Waals surface area contributed by atoms with Gasteiger partial charge in [0.2, 0.25) is 67.4 Å². The summed E-state index contributed by atoms with van der Waals surface area (Å²) in [7, 11) is 5.65. The SMILES string of the molecule is C/C=N\NN.CCNc1nc(Nc2ccc(OC)c(F)c2)nc(NC2CCCCCC2)n1.COc1ccc(N)cc1F.COc1ccc(Nc2nc(Cl)nc(Cl)n2)cc1F.COc1ccc(Nc2nc(Cl)nc(NC3CCCCCC3)n2)cc1F.Clc1nc(Cl)nc(Cl)n1.NC1CCCCCC1. The lowest BCUT2D eigenvalue weighted by Gasteiger charge is -2.17. The van der Waals surface area contributed by atoms with Crippen LogP contribution < -0.4 is 73.7 Å². The summed E-state index contributed by atoms with van der Waals surface area (Å²) in [5.41, 5.74) is 15.0. The van der Waals surface area contributed by atoms with Gasteiger partial charge in [0.15, 0.2) is 46.3 Å². The van der Waals surface area contributed by atoms with E-state index in [1.807, 2.05) is 6.92 Å². The first-order chi connectivity index (χ1) is 49.1. The van der Waals surface area contributed by atoms with Gasteiger partial charge < -0.3 is 62.3 Å². The molecule has 0 atom stereocenters. The number of aromatic nitrogens is 12. The summed E-state index contributed by atoms with van der Waals surface area (Å²) in [4.78, 5) is 47.4. The molecule has 554 valence electrons. The molecule has 4 heterocycles. The summed E-state index contributed by atoms with van der Waals surface area (Å²) in [6, 6.07) is 19.0. The van der Waals surface area contributed by atoms with Crippen LogP contribution in [-0.4, -0.2) is 119 Å². The minimum absolute atomic E-state index is 0.000000000000000444. The number of nitrogens with zero attached hydrogens (tertiary/aromatic N) is 13. The fourth-order valence-electron chi connectivity index (χ4n) is 9.79. The molecule has 13 N–H and O–H groups in total. The van der Waals surface area contributed by atoms with Crippen molar-refractivity contribution in [3.05, 3.63) is 128 Å². The summed E-state index contributed by atoms with van der Waals surface area (Å²) in [6.07, 6.45) is 24.0. The molecular formula is C65H85Cl6F4N23O4. The summed E-state index contributed by atoms with van der Waals surface area (Å²) < 4.78 is 73.2. The van der Waals surface area contributed by atoms with E-state index in [4.69, 9.17) is 101 Å². The van der Waals surface area contributed by atoms with Gasteiger partial charge >= 0.3 is 0 Å². The Morgan fingerprint density at radius 2 is 0.716 bits per heavy atom. The van der Waals surface area contributed by atoms with Crippen LogP contribution in [0.5, 0.6) is 23.0 Å². The molecule has 0 amide bonds. The Morgan fingerprint density at radius 1 is 0.422 bits per heavy atom. The van der Waals surface area contributed by atoms with Crippen molar-refractivity contribution >= 4 is 134 Å². The van der Waals surface area contributed by atoms with Gasteiger partial charge in [0.1, 0.15) is 0 Å². The normalized spacial score (nSPS) is 13.8. The van der Waals surface area contributed by atoms with E-state index >= 15 is 0 Å². The van der Waals surface area contributed by atoms with Crippen LogP contribution in [0.25, 0.3) is 0 Å². The first kappa shape index (κ1) is 84.2. The van der Waals surface area contributed by atoms with Gasteiger partial charge in [-0.15, -0.1) is 0 Å². The Morgan fingerprint density at radius 3 is 1.05 bits per heavy atom. The van der Waals surface area contributed by atoms with Crippen molar-refractivity contribution in [1.82, 2.24) is 65.3 Å². The first-order valence-electron chi connectivity index (χ1n) is 32.5. The molecule has 8 aromatic rings. The lowest BCUT2D eigenvalue weighted by molar-refractivity contribution is 0.386. The Balaban J connectivity index is 0.000000229. The average Bonchev–Trinajstić information content (AvgIpc) is 0.860. The first-order valence-corrected chi connectivity index (χ1v) is 34.7. The molecule has 3 saturated carbocycles. The number of nitrogens with one attached hydrogen (secondary N) is 7. The molecule has 4 aromatic heterocycles. The van der Waals surface area contributed by atoms with E-state index in [0.717, 1.165) is 25.7 Å². The molecule has 3 fully saturated rings. The number of hydrogen-bond donors (Lipinski definition) is 10. The van der Waals surface area contributed by atoms with Gasteiger partial charge in [-0.25, -0.2) is 28.9 Å². The van der Waals surface area contributed by atoms with Gasteiger partial charge in [-0.05, 0) is 171 Å². The number of benzene rings is 4. The molecule has 0 spiro atoms. The van der Waals surface area contributed by atoms with Crippen LogP contribution in [0.1, 0.15) is 129 Å². The lowest BCUT2D eigenvalue weighted by atomic mass is 10.1. The Kier molecular flexibility index (Phi) is 38.8. The zero-order valence-electron chi connectivity index (χ0n) is 57.1. The van der Waals surface area contributed by atoms with E-state index < -0.39 is 23.3 Å². The minimum Gasteiger partial charge on any atom is -0.494 e. The van der Waals surface area contributed by atoms with Crippen LogP contribution in [-0.2, 0) is 0 Å². The third-order valence-electron chi connectivity index (χ3n) is 14.6. The lowest BCUT2D eigenvalue weighted by Crippen LogP contribution is -2.21. The number of methoxy groups -OCH3 is 4. The van der Waals surface area contributed by atoms with Gasteiger partial charge in [0, 0.05) is 77.9 Å². The highest BCUT2D eigenvalue weighted by Crippen LogP contribution is 2.29. The predicted molar refractivity (Wildman–Crippen MR) is 397 cm³/mol. The summed E-state index contributed by atoms with van der Waals surface area (Å²) >= 11 is 33.2. The minimum atomic E-state index is -0.506. The highest BCUT2D eigenvalue weighted by molar-refractivity contribution is 6.33. The molecule has 4 aromatic carbocycles. The molecule has 0 unspecified atom stereocenters. The fourth-order valence-corrected chi connectivity index (χ4v) is 10.9. The van der Waals surface area contributed by atoms with Gasteiger partial charge in [-0.2, -0.15) is 64.9 Å². The molecule has 0 radical (unpaired) electrons. The Bertz CT molecular complexity index is 3740. The van der Waals surface area contributed by atoms with E-state index in [1.54, 1.807) is 43.5 Å². The monoisotopic (exact) mass is 1540 g/mol. The number of hydrazone groups is 1. The molecule has 27 nitrogen and oxygen atoms in total. The van der Waals surface area contributed by atoms with Crippen LogP contribution in [0.3, 0.4) is 0 Å². The van der Waals surface area contributed by atoms with E-state index in [0.29, 0.717) is 71.2 Å². The third-order valence-corrected chi connectivity index (χ3v) is 15.6. The van der Waals surface area contributed by atoms with Crippen molar-refractivity contribution in [3.8, 4) is 23.0 Å². The summed E-state index contributed by atoms with van der Waals surface area (Å²) in [6.45, 7) is 4.46. The van der Waals surface area contributed by atoms with Crippen LogP contribution in [0, 0.1) is 23.3 Å². The van der Waals surface area contributed by atoms with Gasteiger partial charge in [-0.1, -0.05) is 77.0 Å². The van der Waals surface area contributed by atoms with E-state index in [9.17, 15) is 17.6 Å². The summed E-state index contributed by atoms with van der Waals surface area (Å²) in [5.74, 6) is 5.79. The summed E-state index contributed by atoms with van der Waals surface area (Å²) in [5, 5.41) is 22.0. The van der Waals surface area contributed by atoms with Crippen LogP contribution in [0.2, 0.25) is 31.7 Å². The van der Waals surface area contributed by atoms with Gasteiger partial charge in [-0.3, -0.25) is 0 Å². The van der Waals surface area contributed by atoms with Crippen molar-refractivity contribution < 1.29 is 36.5 Å².